The van der Waals surface area contributed by atoms with E-state index in [2.05, 4.69) is 37.9 Å². The third-order valence-corrected chi connectivity index (χ3v) is 5.22. The van der Waals surface area contributed by atoms with Crippen molar-refractivity contribution in [3.63, 3.8) is 0 Å². The van der Waals surface area contributed by atoms with Gasteiger partial charge in [-0.15, -0.1) is 0 Å². The van der Waals surface area contributed by atoms with Gasteiger partial charge in [-0.1, -0.05) is 0 Å². The van der Waals surface area contributed by atoms with Crippen molar-refractivity contribution in [3.8, 4) is 0 Å². The Kier molecular flexibility index (Phi) is 10.0. The molecule has 0 aromatic heterocycles. The van der Waals surface area contributed by atoms with Crippen LogP contribution in [0.5, 0.6) is 0 Å². The van der Waals surface area contributed by atoms with Gasteiger partial charge in [0.2, 0.25) is 0 Å². The Morgan fingerprint density at radius 1 is 0.962 bits per heavy atom. The van der Waals surface area contributed by atoms with E-state index in [1.54, 1.807) is 0 Å². The largest absolute Gasteiger partial charge is 0.395 e. The van der Waals surface area contributed by atoms with E-state index in [-0.39, 0.29) is 17.8 Å². The maximum Gasteiger partial charge on any atom is 0.0644 e. The second-order valence-electron chi connectivity index (χ2n) is 9.03. The number of hydrogen-bond acceptors (Lipinski definition) is 6. The zero-order valence-electron chi connectivity index (χ0n) is 17.6. The highest BCUT2D eigenvalue weighted by Gasteiger charge is 2.28. The summed E-state index contributed by atoms with van der Waals surface area (Å²) in [7, 11) is 0. The minimum atomic E-state index is -0.490. The molecule has 0 saturated carbocycles. The van der Waals surface area contributed by atoms with E-state index in [0.29, 0.717) is 13.2 Å². The Morgan fingerprint density at radius 3 is 2.04 bits per heavy atom. The van der Waals surface area contributed by atoms with Gasteiger partial charge in [-0.05, 0) is 60.3 Å². The first-order valence-electron chi connectivity index (χ1n) is 10.1. The smallest absolute Gasteiger partial charge is 0.0644 e. The van der Waals surface area contributed by atoms with Gasteiger partial charge >= 0.3 is 0 Å². The van der Waals surface area contributed by atoms with E-state index in [1.165, 1.54) is 0 Å². The number of piperidine rings is 1. The van der Waals surface area contributed by atoms with Crippen molar-refractivity contribution < 1.29 is 19.7 Å². The van der Waals surface area contributed by atoms with Crippen LogP contribution in [0.15, 0.2) is 0 Å². The number of aliphatic hydroxyl groups is 2. The maximum absolute atomic E-state index is 10.0. The first-order chi connectivity index (χ1) is 12.1. The van der Waals surface area contributed by atoms with Gasteiger partial charge in [0.05, 0.1) is 36.6 Å². The molecule has 0 unspecified atom stereocenters. The van der Waals surface area contributed by atoms with Gasteiger partial charge in [0.25, 0.3) is 0 Å². The Morgan fingerprint density at radius 2 is 1.50 bits per heavy atom. The van der Waals surface area contributed by atoms with E-state index in [1.807, 2.05) is 6.92 Å². The highest BCUT2D eigenvalue weighted by Crippen LogP contribution is 2.25. The zero-order chi connectivity index (χ0) is 19.7. The number of hydrogen-bond donors (Lipinski definition) is 3. The van der Waals surface area contributed by atoms with Gasteiger partial charge in [-0.2, -0.15) is 0 Å². The van der Waals surface area contributed by atoms with Gasteiger partial charge in [0, 0.05) is 32.7 Å². The second-order valence-corrected chi connectivity index (χ2v) is 9.03. The highest BCUT2D eigenvalue weighted by molar-refractivity contribution is 4.82. The minimum absolute atomic E-state index is 0.158. The SMILES string of the molecule is CC1(O)CCN(CCOC(C)(C)CCC(C)(C)OCCNCCO)CC1. The monoisotopic (exact) mass is 374 g/mol. The van der Waals surface area contributed by atoms with Crippen molar-refractivity contribution in [2.24, 2.45) is 0 Å². The number of nitrogens with zero attached hydrogens (tertiary/aromatic N) is 1. The summed E-state index contributed by atoms with van der Waals surface area (Å²) in [4.78, 5) is 2.38. The third-order valence-electron chi connectivity index (χ3n) is 5.22. The Bertz CT molecular complexity index is 376. The van der Waals surface area contributed by atoms with Crippen molar-refractivity contribution in [1.29, 1.82) is 0 Å². The molecule has 3 N–H and O–H groups in total. The molecule has 1 heterocycles. The molecule has 156 valence electrons. The number of likely N-dealkylation sites (tertiary alicyclic amines) is 1. The molecule has 1 aliphatic heterocycles. The molecular formula is C20H42N2O4. The van der Waals surface area contributed by atoms with E-state index < -0.39 is 5.60 Å². The first kappa shape index (κ1) is 23.8. The van der Waals surface area contributed by atoms with Gasteiger partial charge in [0.15, 0.2) is 0 Å². The van der Waals surface area contributed by atoms with E-state index in [4.69, 9.17) is 14.6 Å². The third kappa shape index (κ3) is 10.8. The van der Waals surface area contributed by atoms with Crippen molar-refractivity contribution in [3.05, 3.63) is 0 Å². The molecule has 0 aliphatic carbocycles. The van der Waals surface area contributed by atoms with E-state index >= 15 is 0 Å². The fraction of sp³-hybridized carbons (Fsp3) is 1.00. The molecule has 26 heavy (non-hydrogen) atoms. The van der Waals surface area contributed by atoms with Gasteiger partial charge in [-0.25, -0.2) is 0 Å². The molecule has 6 heteroatoms. The summed E-state index contributed by atoms with van der Waals surface area (Å²) in [6.45, 7) is 16.2. The number of rotatable bonds is 13. The van der Waals surface area contributed by atoms with Crippen LogP contribution in [0.2, 0.25) is 0 Å². The summed E-state index contributed by atoms with van der Waals surface area (Å²) in [5.41, 5.74) is -0.840. The molecule has 0 spiro atoms. The molecule has 1 fully saturated rings. The molecule has 1 rings (SSSR count). The average Bonchev–Trinajstić information content (AvgIpc) is 2.55. The van der Waals surface area contributed by atoms with Crippen molar-refractivity contribution in [2.75, 3.05) is 52.5 Å². The molecule has 6 nitrogen and oxygen atoms in total. The van der Waals surface area contributed by atoms with Gasteiger partial charge in [0.1, 0.15) is 0 Å². The van der Waals surface area contributed by atoms with Crippen LogP contribution in [0, 0.1) is 0 Å². The summed E-state index contributed by atoms with van der Waals surface area (Å²) in [6, 6.07) is 0. The number of nitrogens with one attached hydrogen (secondary N) is 1. The van der Waals surface area contributed by atoms with Crippen LogP contribution >= 0.6 is 0 Å². The topological polar surface area (TPSA) is 74.2 Å². The van der Waals surface area contributed by atoms with Crippen LogP contribution in [0.3, 0.4) is 0 Å². The summed E-state index contributed by atoms with van der Waals surface area (Å²) >= 11 is 0. The summed E-state index contributed by atoms with van der Waals surface area (Å²) < 4.78 is 12.1. The molecular weight excluding hydrogens is 332 g/mol. The standard InChI is InChI=1S/C20H42N2O4/c1-18(2,25-16-11-21-10-15-23)6-7-19(3,4)26-17-14-22-12-8-20(5,24)9-13-22/h21,23-24H,6-17H2,1-5H3. The van der Waals surface area contributed by atoms with Crippen LogP contribution in [0.1, 0.15) is 60.3 Å². The lowest BCUT2D eigenvalue weighted by Gasteiger charge is -2.36. The molecule has 0 amide bonds. The molecule has 0 aromatic rings. The van der Waals surface area contributed by atoms with Crippen molar-refractivity contribution in [2.45, 2.75) is 77.1 Å². The van der Waals surface area contributed by atoms with E-state index in [0.717, 1.165) is 58.5 Å². The molecule has 0 radical (unpaired) electrons. The average molecular weight is 375 g/mol. The van der Waals surface area contributed by atoms with Crippen molar-refractivity contribution >= 4 is 0 Å². The normalized spacial score (nSPS) is 19.0. The molecule has 0 aromatic carbocycles. The Balaban J connectivity index is 2.18. The van der Waals surface area contributed by atoms with Crippen LogP contribution in [0.25, 0.3) is 0 Å². The highest BCUT2D eigenvalue weighted by atomic mass is 16.5. The van der Waals surface area contributed by atoms with Gasteiger partial charge in [-0.3, -0.25) is 0 Å². The summed E-state index contributed by atoms with van der Waals surface area (Å²) in [5, 5.41) is 21.9. The number of aliphatic hydroxyl groups excluding tert-OH is 1. The van der Waals surface area contributed by atoms with E-state index in [9.17, 15) is 5.11 Å². The summed E-state index contributed by atoms with van der Waals surface area (Å²) in [6.07, 6.45) is 3.57. The Labute approximate surface area is 160 Å². The molecule has 0 bridgehead atoms. The zero-order valence-corrected chi connectivity index (χ0v) is 17.6. The van der Waals surface area contributed by atoms with Crippen molar-refractivity contribution in [1.82, 2.24) is 10.2 Å². The lowest BCUT2D eigenvalue weighted by molar-refractivity contribution is -0.0708. The maximum atomic E-state index is 10.0. The fourth-order valence-electron chi connectivity index (χ4n) is 3.06. The first-order valence-corrected chi connectivity index (χ1v) is 10.1. The summed E-state index contributed by atoms with van der Waals surface area (Å²) in [5.74, 6) is 0. The number of ether oxygens (including phenoxy) is 2. The predicted molar refractivity (Wildman–Crippen MR) is 106 cm³/mol. The quantitative estimate of drug-likeness (QED) is 0.427. The van der Waals surface area contributed by atoms with Crippen LogP contribution in [-0.4, -0.2) is 84.5 Å². The Hall–Kier alpha value is -0.240. The lowest BCUT2D eigenvalue weighted by atomic mass is 9.93. The van der Waals surface area contributed by atoms with Crippen LogP contribution in [-0.2, 0) is 9.47 Å². The molecule has 1 saturated heterocycles. The minimum Gasteiger partial charge on any atom is -0.395 e. The van der Waals surface area contributed by atoms with Crippen LogP contribution < -0.4 is 5.32 Å². The molecule has 0 atom stereocenters. The van der Waals surface area contributed by atoms with Gasteiger partial charge < -0.3 is 29.9 Å². The molecule has 1 aliphatic rings. The fourth-order valence-corrected chi connectivity index (χ4v) is 3.06. The second kappa shape index (κ2) is 10.9. The predicted octanol–water partition coefficient (Wildman–Crippen LogP) is 1.79. The van der Waals surface area contributed by atoms with Crippen LogP contribution in [0.4, 0.5) is 0 Å². The lowest BCUT2D eigenvalue weighted by Crippen LogP contribution is -2.44.